The number of nitrogens with one attached hydrogen (secondary N) is 1. The molecule has 1 aromatic carbocycles. The highest BCUT2D eigenvalue weighted by molar-refractivity contribution is 8.23. The summed E-state index contributed by atoms with van der Waals surface area (Å²) in [6.07, 6.45) is -4.61. The summed E-state index contributed by atoms with van der Waals surface area (Å²) < 4.78 is 27.6. The van der Waals surface area contributed by atoms with E-state index in [2.05, 4.69) is 5.32 Å². The predicted octanol–water partition coefficient (Wildman–Crippen LogP) is 1.88. The smallest absolute Gasteiger partial charge is 0.303 e. The normalized spacial score (nSPS) is 23.8. The Balaban J connectivity index is 2.29. The van der Waals surface area contributed by atoms with Crippen LogP contribution >= 0.6 is 24.0 Å². The van der Waals surface area contributed by atoms with Crippen LogP contribution < -0.4 is 5.32 Å². The van der Waals surface area contributed by atoms with Gasteiger partial charge in [-0.25, -0.2) is 0 Å². The lowest BCUT2D eigenvalue weighted by Gasteiger charge is -2.44. The molecule has 1 aromatic rings. The molecule has 1 fully saturated rings. The molecule has 0 radical (unpaired) electrons. The number of thiocarbonyl (C=S) groups is 1. The first kappa shape index (κ1) is 27.5. The van der Waals surface area contributed by atoms with E-state index in [0.717, 1.165) is 24.2 Å². The fraction of sp³-hybridized carbons (Fsp3) is 0.500. The predicted molar refractivity (Wildman–Crippen MR) is 125 cm³/mol. The Labute approximate surface area is 207 Å². The Morgan fingerprint density at radius 3 is 2.00 bits per heavy atom. The fourth-order valence-corrected chi connectivity index (χ4v) is 4.47. The number of esters is 4. The van der Waals surface area contributed by atoms with E-state index in [1.165, 1.54) is 20.8 Å². The van der Waals surface area contributed by atoms with Crippen molar-refractivity contribution in [1.82, 2.24) is 5.32 Å². The van der Waals surface area contributed by atoms with E-state index in [4.69, 9.17) is 35.9 Å². The number of carbonyl (C=O) groups is 4. The zero-order valence-electron chi connectivity index (χ0n) is 19.2. The van der Waals surface area contributed by atoms with Gasteiger partial charge in [0, 0.05) is 34.2 Å². The number of rotatable bonds is 8. The van der Waals surface area contributed by atoms with Gasteiger partial charge in [-0.1, -0.05) is 54.3 Å². The van der Waals surface area contributed by atoms with Crippen molar-refractivity contribution in [3.05, 3.63) is 35.9 Å². The maximum Gasteiger partial charge on any atom is 0.303 e. The molecule has 0 spiro atoms. The molecular weight excluding hydrogens is 486 g/mol. The minimum atomic E-state index is -1.23. The second-order valence-corrected chi connectivity index (χ2v) is 9.09. The topological polar surface area (TPSA) is 126 Å². The Morgan fingerprint density at radius 1 is 0.882 bits per heavy atom. The standard InChI is InChI=1S/C22H27NO9S2/c1-12(24)28-11-17-18(29-13(2)25)19(30-14(3)26)20(31-15(4)27)21(32-17)34-22(33)23-10-16-8-6-5-7-9-16/h5-9,17-21H,10-11H2,1-4H3,(H,23,33)/t17-,18+,19+,20-,21+/m1/s1. The molecule has 1 saturated heterocycles. The summed E-state index contributed by atoms with van der Waals surface area (Å²) in [4.78, 5) is 46.9. The molecule has 0 bridgehead atoms. The molecule has 1 heterocycles. The molecule has 12 heteroatoms. The van der Waals surface area contributed by atoms with Gasteiger partial charge in [0.1, 0.15) is 17.0 Å². The number of benzene rings is 1. The van der Waals surface area contributed by atoms with Crippen LogP contribution in [0, 0.1) is 0 Å². The number of hydrogen-bond acceptors (Lipinski definition) is 11. The monoisotopic (exact) mass is 513 g/mol. The van der Waals surface area contributed by atoms with Gasteiger partial charge >= 0.3 is 23.9 Å². The Hall–Kier alpha value is -2.70. The second kappa shape index (κ2) is 13.3. The zero-order chi connectivity index (χ0) is 25.3. The molecule has 0 unspecified atom stereocenters. The molecule has 5 atom stereocenters. The molecule has 0 amide bonds. The highest BCUT2D eigenvalue weighted by Crippen LogP contribution is 2.34. The largest absolute Gasteiger partial charge is 0.463 e. The van der Waals surface area contributed by atoms with Crippen LogP contribution in [0.25, 0.3) is 0 Å². The van der Waals surface area contributed by atoms with Gasteiger partial charge in [0.25, 0.3) is 0 Å². The SMILES string of the molecule is CC(=O)OC[C@H]1O[C@@H](SC(=S)NCc2ccccc2)[C@H](OC(C)=O)[C@@H](OC(C)=O)[C@H]1OC(C)=O. The third-order valence-electron chi connectivity index (χ3n) is 4.45. The van der Waals surface area contributed by atoms with Crippen LogP contribution in [0.3, 0.4) is 0 Å². The summed E-state index contributed by atoms with van der Waals surface area (Å²) >= 11 is 6.45. The summed E-state index contributed by atoms with van der Waals surface area (Å²) in [6.45, 7) is 4.88. The van der Waals surface area contributed by atoms with Crippen LogP contribution in [0.2, 0.25) is 0 Å². The summed E-state index contributed by atoms with van der Waals surface area (Å²) in [7, 11) is 0. The van der Waals surface area contributed by atoms with Crippen molar-refractivity contribution < 1.29 is 42.9 Å². The lowest BCUT2D eigenvalue weighted by atomic mass is 9.99. The van der Waals surface area contributed by atoms with Gasteiger partial charge in [0.15, 0.2) is 23.7 Å². The van der Waals surface area contributed by atoms with E-state index in [-0.39, 0.29) is 6.61 Å². The van der Waals surface area contributed by atoms with Crippen molar-refractivity contribution >= 4 is 52.2 Å². The minimum Gasteiger partial charge on any atom is -0.463 e. The summed E-state index contributed by atoms with van der Waals surface area (Å²) in [5.74, 6) is -2.63. The Kier molecular flexibility index (Phi) is 10.7. The first-order valence-electron chi connectivity index (χ1n) is 10.4. The lowest BCUT2D eigenvalue weighted by Crippen LogP contribution is -2.61. The first-order valence-corrected chi connectivity index (χ1v) is 11.6. The molecule has 10 nitrogen and oxygen atoms in total. The average Bonchev–Trinajstić information content (AvgIpc) is 2.75. The van der Waals surface area contributed by atoms with Crippen molar-refractivity contribution in [1.29, 1.82) is 0 Å². The Bertz CT molecular complexity index is 896. The van der Waals surface area contributed by atoms with E-state index < -0.39 is 53.7 Å². The van der Waals surface area contributed by atoms with Crippen LogP contribution in [0.4, 0.5) is 0 Å². The quantitative estimate of drug-likeness (QED) is 0.310. The van der Waals surface area contributed by atoms with E-state index in [1.54, 1.807) is 0 Å². The maximum atomic E-state index is 11.9. The highest BCUT2D eigenvalue weighted by atomic mass is 32.2. The van der Waals surface area contributed by atoms with Gasteiger partial charge in [-0.3, -0.25) is 19.2 Å². The zero-order valence-corrected chi connectivity index (χ0v) is 20.8. The second-order valence-electron chi connectivity index (χ2n) is 7.31. The molecule has 0 aromatic heterocycles. The van der Waals surface area contributed by atoms with Crippen molar-refractivity contribution in [3.63, 3.8) is 0 Å². The number of ether oxygens (including phenoxy) is 5. The van der Waals surface area contributed by atoms with E-state index in [9.17, 15) is 19.2 Å². The van der Waals surface area contributed by atoms with Crippen molar-refractivity contribution in [2.75, 3.05) is 6.61 Å². The third kappa shape index (κ3) is 8.92. The summed E-state index contributed by atoms with van der Waals surface area (Å²) in [5, 5.41) is 3.08. The molecule has 2 rings (SSSR count). The Morgan fingerprint density at radius 2 is 1.44 bits per heavy atom. The molecule has 1 N–H and O–H groups in total. The maximum absolute atomic E-state index is 11.9. The molecule has 1 aliphatic heterocycles. The van der Waals surface area contributed by atoms with Crippen LogP contribution in [0.5, 0.6) is 0 Å². The summed E-state index contributed by atoms with van der Waals surface area (Å²) in [5.41, 5.74) is 0.0309. The minimum absolute atomic E-state index is 0.293. The van der Waals surface area contributed by atoms with E-state index in [1.807, 2.05) is 30.3 Å². The molecule has 1 aliphatic rings. The van der Waals surface area contributed by atoms with Gasteiger partial charge in [-0.05, 0) is 5.56 Å². The van der Waals surface area contributed by atoms with Crippen LogP contribution in [0.1, 0.15) is 33.3 Å². The van der Waals surface area contributed by atoms with Gasteiger partial charge in [0.05, 0.1) is 0 Å². The van der Waals surface area contributed by atoms with Gasteiger partial charge < -0.3 is 29.0 Å². The van der Waals surface area contributed by atoms with Gasteiger partial charge in [0.2, 0.25) is 0 Å². The molecule has 0 saturated carbocycles. The van der Waals surface area contributed by atoms with Crippen molar-refractivity contribution in [2.24, 2.45) is 0 Å². The average molecular weight is 514 g/mol. The van der Waals surface area contributed by atoms with Crippen LogP contribution in [-0.4, -0.2) is 64.7 Å². The van der Waals surface area contributed by atoms with Crippen molar-refractivity contribution in [2.45, 2.75) is 64.1 Å². The van der Waals surface area contributed by atoms with Crippen molar-refractivity contribution in [3.8, 4) is 0 Å². The first-order chi connectivity index (χ1) is 16.1. The summed E-state index contributed by atoms with van der Waals surface area (Å²) in [6, 6.07) is 9.54. The number of hydrogen-bond donors (Lipinski definition) is 1. The molecular formula is C22H27NO9S2. The van der Waals surface area contributed by atoms with E-state index in [0.29, 0.717) is 10.9 Å². The van der Waals surface area contributed by atoms with E-state index >= 15 is 0 Å². The number of carbonyl (C=O) groups excluding carboxylic acids is 4. The fourth-order valence-electron chi connectivity index (χ4n) is 3.20. The highest BCUT2D eigenvalue weighted by Gasteiger charge is 2.52. The number of thioether (sulfide) groups is 1. The van der Waals surface area contributed by atoms with Crippen LogP contribution in [0.15, 0.2) is 30.3 Å². The van der Waals surface area contributed by atoms with Gasteiger partial charge in [-0.2, -0.15) is 0 Å². The van der Waals surface area contributed by atoms with Crippen LogP contribution in [-0.2, 0) is 49.4 Å². The molecule has 0 aliphatic carbocycles. The molecule has 34 heavy (non-hydrogen) atoms. The lowest BCUT2D eigenvalue weighted by molar-refractivity contribution is -0.237. The third-order valence-corrected chi connectivity index (χ3v) is 5.85. The van der Waals surface area contributed by atoms with Gasteiger partial charge in [-0.15, -0.1) is 0 Å². The molecule has 186 valence electrons.